The highest BCUT2D eigenvalue weighted by atomic mass is 16.7. The number of carboxylic acid groups (broad SMARTS) is 1. The predicted molar refractivity (Wildman–Crippen MR) is 288 cm³/mol. The van der Waals surface area contributed by atoms with Gasteiger partial charge in [0.15, 0.2) is 0 Å². The van der Waals surface area contributed by atoms with E-state index in [-0.39, 0.29) is 51.0 Å². The van der Waals surface area contributed by atoms with Gasteiger partial charge in [0.25, 0.3) is 0 Å². The van der Waals surface area contributed by atoms with E-state index in [1.165, 1.54) is 52.0 Å². The number of hydrogen-bond donors (Lipinski definition) is 4. The number of carbonyl (C=O) groups excluding carboxylic acids is 7. The van der Waals surface area contributed by atoms with Crippen LogP contribution in [0.25, 0.3) is 0 Å². The quantitative estimate of drug-likeness (QED) is 0.0467. The third-order valence-electron chi connectivity index (χ3n) is 14.0. The topological polar surface area (TPSA) is 273 Å². The Hall–Kier alpha value is -6.52. The maximum absolute atomic E-state index is 14.8. The zero-order chi connectivity index (χ0) is 58.7. The van der Waals surface area contributed by atoms with Crippen molar-refractivity contribution in [3.05, 3.63) is 65.7 Å². The zero-order valence-corrected chi connectivity index (χ0v) is 48.1. The van der Waals surface area contributed by atoms with E-state index in [9.17, 15) is 43.5 Å². The zero-order valence-electron chi connectivity index (χ0n) is 48.1. The van der Waals surface area contributed by atoms with Gasteiger partial charge in [-0.3, -0.25) is 24.0 Å². The fraction of sp³-hybridized carbons (Fsp3) is 0.649. The van der Waals surface area contributed by atoms with Gasteiger partial charge in [-0.05, 0) is 102 Å². The van der Waals surface area contributed by atoms with Gasteiger partial charge in [0.1, 0.15) is 67.2 Å². The number of nitrogens with zero attached hydrogens (tertiary/aromatic N) is 2. The average Bonchev–Trinajstić information content (AvgIpc) is 3.93. The molecule has 0 bridgehead atoms. The molecule has 0 aromatic heterocycles. The van der Waals surface area contributed by atoms with Crippen molar-refractivity contribution in [2.45, 2.75) is 174 Å². The van der Waals surface area contributed by atoms with E-state index >= 15 is 0 Å². The lowest BCUT2D eigenvalue weighted by atomic mass is 9.82. The lowest BCUT2D eigenvalue weighted by molar-refractivity contribution is -0.191. The molecule has 2 aromatic carbocycles. The number of alkyl carbamates (subject to hydrolysis) is 2. The molecule has 0 radical (unpaired) electrons. The first-order chi connectivity index (χ1) is 37.3. The van der Waals surface area contributed by atoms with Crippen LogP contribution in [0.15, 0.2) is 54.6 Å². The van der Waals surface area contributed by atoms with E-state index in [1.54, 1.807) is 71.0 Å². The molecule has 1 heterocycles. The van der Waals surface area contributed by atoms with Crippen LogP contribution in [0.4, 0.5) is 9.59 Å². The monoisotopic (exact) mass is 1110 g/mol. The Morgan fingerprint density at radius 3 is 2.05 bits per heavy atom. The Morgan fingerprint density at radius 1 is 0.797 bits per heavy atom. The van der Waals surface area contributed by atoms with Gasteiger partial charge in [0.2, 0.25) is 17.7 Å². The number of methoxy groups -OCH3 is 3. The summed E-state index contributed by atoms with van der Waals surface area (Å²) in [6.45, 7) is 15.0. The van der Waals surface area contributed by atoms with Crippen LogP contribution in [0.1, 0.15) is 112 Å². The third-order valence-corrected chi connectivity index (χ3v) is 14.0. The van der Waals surface area contributed by atoms with E-state index in [2.05, 4.69) is 16.0 Å². The molecule has 0 spiro atoms. The number of hydrogen-bond acceptors (Lipinski definition) is 16. The number of carboxylic acids is 1. The van der Waals surface area contributed by atoms with Crippen molar-refractivity contribution in [1.82, 2.24) is 25.8 Å². The van der Waals surface area contributed by atoms with Crippen LogP contribution in [0.3, 0.4) is 0 Å². The summed E-state index contributed by atoms with van der Waals surface area (Å²) in [6.07, 6.45) is -4.32. The number of ether oxygens (including phenoxy) is 8. The summed E-state index contributed by atoms with van der Waals surface area (Å²) >= 11 is 0. The number of benzene rings is 2. The minimum absolute atomic E-state index is 0.0169. The second-order valence-electron chi connectivity index (χ2n) is 22.0. The van der Waals surface area contributed by atoms with Gasteiger partial charge in [0, 0.05) is 34.2 Å². The number of esters is 2. The van der Waals surface area contributed by atoms with E-state index in [0.717, 1.165) is 5.56 Å². The van der Waals surface area contributed by atoms with Crippen molar-refractivity contribution >= 4 is 47.8 Å². The van der Waals surface area contributed by atoms with Crippen molar-refractivity contribution in [1.29, 1.82) is 0 Å². The molecule has 11 atom stereocenters. The minimum atomic E-state index is -1.61. The van der Waals surface area contributed by atoms with Crippen LogP contribution in [-0.4, -0.2) is 165 Å². The van der Waals surface area contributed by atoms with Gasteiger partial charge >= 0.3 is 30.1 Å². The lowest BCUT2D eigenvalue weighted by Crippen LogP contribution is -2.60. The fourth-order valence-corrected chi connectivity index (χ4v) is 9.79. The highest BCUT2D eigenvalue weighted by Crippen LogP contribution is 2.32. The van der Waals surface area contributed by atoms with Gasteiger partial charge in [-0.2, -0.15) is 0 Å². The maximum Gasteiger partial charge on any atom is 0.408 e. The third kappa shape index (κ3) is 19.4. The molecule has 4 N–H and O–H groups in total. The van der Waals surface area contributed by atoms with Crippen molar-refractivity contribution in [3.8, 4) is 5.75 Å². The second-order valence-corrected chi connectivity index (χ2v) is 22.0. The molecule has 440 valence electrons. The largest absolute Gasteiger partial charge is 0.497 e. The Bertz CT molecular complexity index is 2330. The molecule has 2 aliphatic rings. The number of rotatable bonds is 27. The molecular weight excluding hydrogens is 1030 g/mol. The van der Waals surface area contributed by atoms with Crippen LogP contribution >= 0.6 is 0 Å². The van der Waals surface area contributed by atoms with E-state index < -0.39 is 120 Å². The summed E-state index contributed by atoms with van der Waals surface area (Å²) in [5, 5.41) is 18.1. The summed E-state index contributed by atoms with van der Waals surface area (Å²) in [7, 11) is 5.69. The van der Waals surface area contributed by atoms with Gasteiger partial charge in [-0.15, -0.1) is 0 Å². The predicted octanol–water partition coefficient (Wildman–Crippen LogP) is 5.80. The molecule has 1 saturated heterocycles. The van der Waals surface area contributed by atoms with Crippen molar-refractivity contribution in [2.24, 2.45) is 23.7 Å². The Labute approximate surface area is 464 Å². The molecule has 4 rings (SSSR count). The fourth-order valence-electron chi connectivity index (χ4n) is 9.79. The Morgan fingerprint density at radius 2 is 1.47 bits per heavy atom. The molecule has 1 saturated carbocycles. The maximum atomic E-state index is 14.8. The summed E-state index contributed by atoms with van der Waals surface area (Å²) in [4.78, 5) is 114. The molecule has 1 unspecified atom stereocenters. The molecular formula is C57H85N5O17. The molecule has 1 aliphatic carbocycles. The normalized spacial score (nSPS) is 20.1. The molecule has 5 amide bonds. The second kappa shape index (κ2) is 30.7. The summed E-state index contributed by atoms with van der Waals surface area (Å²) in [5.41, 5.74) is 0.358. The summed E-state index contributed by atoms with van der Waals surface area (Å²) in [5.74, 6) is -6.56. The molecule has 1 aliphatic heterocycles. The Kier molecular flexibility index (Phi) is 25.3. The number of carbonyl (C=O) groups is 8. The van der Waals surface area contributed by atoms with Crippen molar-refractivity contribution in [3.63, 3.8) is 0 Å². The minimum Gasteiger partial charge on any atom is -0.497 e. The molecule has 22 heteroatoms. The van der Waals surface area contributed by atoms with Crippen molar-refractivity contribution < 1.29 is 81.4 Å². The summed E-state index contributed by atoms with van der Waals surface area (Å²) in [6, 6.07) is 10.1. The van der Waals surface area contributed by atoms with Gasteiger partial charge in [0.05, 0.1) is 31.1 Å². The number of likely N-dealkylation sites (tertiary alicyclic amines) is 1. The van der Waals surface area contributed by atoms with Crippen LogP contribution in [0, 0.1) is 23.7 Å². The highest BCUT2D eigenvalue weighted by molar-refractivity contribution is 5.94. The lowest BCUT2D eigenvalue weighted by Gasteiger charge is -2.39. The number of aliphatic carboxylic acids is 1. The number of likely N-dealkylation sites (N-methyl/N-ethyl adjacent to an activating group) is 1. The SMILES string of the molecule is COCO[C@@H]([C@H](C)C(=O)O)[C@@H](OC(=O)[C@H]1CCCC(NC(=O)[C@@H](NC(=O)OC(C)(C)C)[C@@H](C)OC(=O)[C@H](Cc2ccc(OC)cc2)N(C)C(=O)[C@@H]2CCCN2C(=O)[C@H](CC(C)C)NC(=O)OCc2ccccc2)[C@H]1OC)C(C)C. The molecule has 22 nitrogen and oxygen atoms in total. The first-order valence-electron chi connectivity index (χ1n) is 27.0. The van der Waals surface area contributed by atoms with Crippen LogP contribution in [-0.2, 0) is 75.0 Å². The Balaban J connectivity index is 1.61. The first kappa shape index (κ1) is 65.0. The van der Waals surface area contributed by atoms with Gasteiger partial charge in [-0.25, -0.2) is 14.4 Å². The van der Waals surface area contributed by atoms with E-state index in [0.29, 0.717) is 37.0 Å². The summed E-state index contributed by atoms with van der Waals surface area (Å²) < 4.78 is 45.1. The van der Waals surface area contributed by atoms with Crippen LogP contribution in [0.2, 0.25) is 0 Å². The average molecular weight is 1110 g/mol. The van der Waals surface area contributed by atoms with Gasteiger partial charge < -0.3 is 68.8 Å². The van der Waals surface area contributed by atoms with Crippen LogP contribution in [0.5, 0.6) is 5.75 Å². The highest BCUT2D eigenvalue weighted by Gasteiger charge is 2.46. The molecule has 2 fully saturated rings. The van der Waals surface area contributed by atoms with E-state index in [4.69, 9.17) is 37.9 Å². The smallest absolute Gasteiger partial charge is 0.408 e. The number of nitrogens with one attached hydrogen (secondary N) is 3. The first-order valence-corrected chi connectivity index (χ1v) is 27.0. The van der Waals surface area contributed by atoms with Gasteiger partial charge in [-0.1, -0.05) is 76.6 Å². The standard InChI is InChI=1S/C57H85N5O17/c1-33(2)29-42(59-55(70)75-31-38-19-15-14-16-20-38)50(64)62-28-18-23-43(62)51(65)61(10)44(30-37-24-26-39(73-12)27-25-37)54(69)77-36(6)45(60-56(71)79-57(7,8)9)49(63)58-41-22-17-21-40(48(41)74-13)53(68)78-46(34(3)4)47(76-32-72-11)35(5)52(66)67/h14-16,19-20,24-27,33-36,40-48H,17-18,21-23,28-32H2,1-13H3,(H,58,63)(H,59,70)(H,60,71)(H,66,67)/t35-,36+,40-,41?,42-,43-,44-,45-,46-,47-,48-/m0/s1. The van der Waals surface area contributed by atoms with E-state index in [1.807, 2.05) is 32.0 Å². The number of amides is 5. The van der Waals surface area contributed by atoms with Crippen molar-refractivity contribution in [2.75, 3.05) is 41.7 Å². The molecule has 79 heavy (non-hydrogen) atoms. The molecule has 2 aromatic rings. The van der Waals surface area contributed by atoms with Crippen LogP contribution < -0.4 is 20.7 Å².